The van der Waals surface area contributed by atoms with E-state index in [-0.39, 0.29) is 11.8 Å². The zero-order valence-corrected chi connectivity index (χ0v) is 8.95. The Balaban J connectivity index is 2.51. The number of hydrogen-bond acceptors (Lipinski definition) is 2. The van der Waals surface area contributed by atoms with Gasteiger partial charge < -0.3 is 10.4 Å². The summed E-state index contributed by atoms with van der Waals surface area (Å²) in [5.74, 6) is -1.87. The molecule has 4 nitrogen and oxygen atoms in total. The Labute approximate surface area is 89.4 Å². The minimum atomic E-state index is -0.858. The molecule has 1 rings (SSSR count). The Morgan fingerprint density at radius 3 is 2.53 bits per heavy atom. The van der Waals surface area contributed by atoms with Gasteiger partial charge in [0.05, 0.1) is 11.8 Å². The average Bonchev–Trinajstić information content (AvgIpc) is 2.62. The van der Waals surface area contributed by atoms with Gasteiger partial charge in [0.1, 0.15) is 0 Å². The van der Waals surface area contributed by atoms with Gasteiger partial charge in [-0.15, -0.1) is 0 Å². The molecule has 1 amide bonds. The van der Waals surface area contributed by atoms with Crippen molar-refractivity contribution in [3.63, 3.8) is 0 Å². The molecule has 2 atom stereocenters. The first-order valence-electron chi connectivity index (χ1n) is 5.17. The smallest absolute Gasteiger partial charge is 0.307 e. The minimum absolute atomic E-state index is 0.150. The normalized spacial score (nSPS) is 24.9. The molecule has 0 spiro atoms. The number of hydrogen-bond donors (Lipinski definition) is 2. The first-order valence-corrected chi connectivity index (χ1v) is 5.17. The highest BCUT2D eigenvalue weighted by atomic mass is 16.4. The summed E-state index contributed by atoms with van der Waals surface area (Å²) in [5.41, 5.74) is 0.869. The van der Waals surface area contributed by atoms with Gasteiger partial charge in [0.15, 0.2) is 0 Å². The van der Waals surface area contributed by atoms with E-state index in [1.54, 1.807) is 0 Å². The summed E-state index contributed by atoms with van der Waals surface area (Å²) in [6.45, 7) is 5.93. The molecule has 2 N–H and O–H groups in total. The molecular formula is C11H17NO3. The van der Waals surface area contributed by atoms with Crippen molar-refractivity contribution in [3.05, 3.63) is 12.2 Å². The Morgan fingerprint density at radius 1 is 1.40 bits per heavy atom. The molecule has 4 heteroatoms. The first kappa shape index (κ1) is 11.8. The predicted molar refractivity (Wildman–Crippen MR) is 56.3 cm³/mol. The van der Waals surface area contributed by atoms with Crippen LogP contribution in [0.15, 0.2) is 12.2 Å². The number of carbonyl (C=O) groups excluding carboxylic acids is 1. The molecule has 1 saturated carbocycles. The van der Waals surface area contributed by atoms with Crippen LogP contribution in [0.3, 0.4) is 0 Å². The number of carboxylic acids is 1. The van der Waals surface area contributed by atoms with Crippen LogP contribution in [0.4, 0.5) is 0 Å². The second-order valence-electron chi connectivity index (χ2n) is 4.16. The molecule has 15 heavy (non-hydrogen) atoms. The largest absolute Gasteiger partial charge is 0.481 e. The van der Waals surface area contributed by atoms with E-state index in [9.17, 15) is 9.59 Å². The van der Waals surface area contributed by atoms with Crippen molar-refractivity contribution >= 4 is 11.9 Å². The molecule has 0 saturated heterocycles. The van der Waals surface area contributed by atoms with E-state index in [4.69, 9.17) is 5.11 Å². The molecule has 0 radical (unpaired) electrons. The van der Waals surface area contributed by atoms with Crippen LogP contribution >= 0.6 is 0 Å². The molecule has 2 unspecified atom stereocenters. The molecule has 84 valence electrons. The topological polar surface area (TPSA) is 66.4 Å². The predicted octanol–water partition coefficient (Wildman–Crippen LogP) is 1.18. The van der Waals surface area contributed by atoms with Gasteiger partial charge in [-0.3, -0.25) is 9.59 Å². The maximum Gasteiger partial charge on any atom is 0.307 e. The van der Waals surface area contributed by atoms with Crippen molar-refractivity contribution in [1.82, 2.24) is 5.32 Å². The highest BCUT2D eigenvalue weighted by Crippen LogP contribution is 2.31. The van der Waals surface area contributed by atoms with E-state index in [2.05, 4.69) is 11.9 Å². The molecular weight excluding hydrogens is 194 g/mol. The maximum absolute atomic E-state index is 11.6. The summed E-state index contributed by atoms with van der Waals surface area (Å²) in [6, 6.07) is 0. The van der Waals surface area contributed by atoms with Gasteiger partial charge in [0, 0.05) is 6.54 Å². The van der Waals surface area contributed by atoms with E-state index >= 15 is 0 Å². The molecule has 0 aromatic carbocycles. The zero-order valence-electron chi connectivity index (χ0n) is 8.95. The lowest BCUT2D eigenvalue weighted by molar-refractivity contribution is -0.146. The maximum atomic E-state index is 11.6. The molecule has 0 aromatic rings. The summed E-state index contributed by atoms with van der Waals surface area (Å²) in [7, 11) is 0. The van der Waals surface area contributed by atoms with Gasteiger partial charge in [0.25, 0.3) is 0 Å². The van der Waals surface area contributed by atoms with Crippen LogP contribution in [-0.2, 0) is 9.59 Å². The van der Waals surface area contributed by atoms with Crippen molar-refractivity contribution in [3.8, 4) is 0 Å². The number of carbonyl (C=O) groups is 2. The lowest BCUT2D eigenvalue weighted by Crippen LogP contribution is -2.35. The second kappa shape index (κ2) is 4.96. The minimum Gasteiger partial charge on any atom is -0.481 e. The fourth-order valence-electron chi connectivity index (χ4n) is 1.94. The fourth-order valence-corrected chi connectivity index (χ4v) is 1.94. The molecule has 1 aliphatic rings. The summed E-state index contributed by atoms with van der Waals surface area (Å²) >= 11 is 0. The summed E-state index contributed by atoms with van der Waals surface area (Å²) in [4.78, 5) is 22.5. The van der Waals surface area contributed by atoms with Crippen molar-refractivity contribution in [2.75, 3.05) is 6.54 Å². The van der Waals surface area contributed by atoms with Crippen LogP contribution < -0.4 is 5.32 Å². The van der Waals surface area contributed by atoms with E-state index in [1.807, 2.05) is 6.92 Å². The van der Waals surface area contributed by atoms with Gasteiger partial charge in [-0.05, 0) is 19.8 Å². The highest BCUT2D eigenvalue weighted by Gasteiger charge is 2.37. The number of amides is 1. The van der Waals surface area contributed by atoms with E-state index in [0.717, 1.165) is 12.0 Å². The lowest BCUT2D eigenvalue weighted by atomic mass is 9.95. The Hall–Kier alpha value is -1.32. The van der Waals surface area contributed by atoms with Crippen molar-refractivity contribution in [2.24, 2.45) is 11.8 Å². The van der Waals surface area contributed by atoms with Crippen LogP contribution in [-0.4, -0.2) is 23.5 Å². The summed E-state index contributed by atoms with van der Waals surface area (Å²) in [5, 5.41) is 11.6. The average molecular weight is 211 g/mol. The van der Waals surface area contributed by atoms with Crippen LogP contribution in [0.5, 0.6) is 0 Å². The summed E-state index contributed by atoms with van der Waals surface area (Å²) < 4.78 is 0. The first-order chi connectivity index (χ1) is 7.02. The van der Waals surface area contributed by atoms with E-state index < -0.39 is 11.9 Å². The van der Waals surface area contributed by atoms with E-state index in [1.165, 1.54) is 0 Å². The van der Waals surface area contributed by atoms with E-state index in [0.29, 0.717) is 19.4 Å². The SMILES string of the molecule is C=C(C)CNC(=O)C1CCCC1C(=O)O. The number of carboxylic acid groups (broad SMARTS) is 1. The standard InChI is InChI=1S/C11H17NO3/c1-7(2)6-12-10(13)8-4-3-5-9(8)11(14)15/h8-9H,1,3-6H2,2H3,(H,12,13)(H,14,15). The monoisotopic (exact) mass is 211 g/mol. The van der Waals surface area contributed by atoms with Gasteiger partial charge in [-0.1, -0.05) is 18.6 Å². The van der Waals surface area contributed by atoms with Crippen LogP contribution in [0.2, 0.25) is 0 Å². The van der Waals surface area contributed by atoms with Gasteiger partial charge >= 0.3 is 5.97 Å². The molecule has 0 aromatic heterocycles. The molecule has 1 fully saturated rings. The lowest BCUT2D eigenvalue weighted by Gasteiger charge is -2.15. The van der Waals surface area contributed by atoms with Gasteiger partial charge in [-0.2, -0.15) is 0 Å². The number of nitrogens with one attached hydrogen (secondary N) is 1. The van der Waals surface area contributed by atoms with Crippen LogP contribution in [0, 0.1) is 11.8 Å². The Morgan fingerprint density at radius 2 is 2.00 bits per heavy atom. The fraction of sp³-hybridized carbons (Fsp3) is 0.636. The molecule has 1 aliphatic carbocycles. The van der Waals surface area contributed by atoms with Gasteiger partial charge in [-0.25, -0.2) is 0 Å². The van der Waals surface area contributed by atoms with Crippen molar-refractivity contribution in [2.45, 2.75) is 26.2 Å². The third-order valence-corrected chi connectivity index (χ3v) is 2.73. The van der Waals surface area contributed by atoms with Crippen LogP contribution in [0.1, 0.15) is 26.2 Å². The molecule has 0 bridgehead atoms. The van der Waals surface area contributed by atoms with Gasteiger partial charge in [0.2, 0.25) is 5.91 Å². The zero-order chi connectivity index (χ0) is 11.4. The van der Waals surface area contributed by atoms with Crippen molar-refractivity contribution in [1.29, 1.82) is 0 Å². The molecule has 0 aliphatic heterocycles. The third-order valence-electron chi connectivity index (χ3n) is 2.73. The van der Waals surface area contributed by atoms with Crippen molar-refractivity contribution < 1.29 is 14.7 Å². The third kappa shape index (κ3) is 3.08. The molecule has 0 heterocycles. The number of aliphatic carboxylic acids is 1. The quantitative estimate of drug-likeness (QED) is 0.686. The highest BCUT2D eigenvalue weighted by molar-refractivity contribution is 5.85. The number of rotatable bonds is 4. The second-order valence-corrected chi connectivity index (χ2v) is 4.16. The summed E-state index contributed by atoms with van der Waals surface area (Å²) in [6.07, 6.45) is 2.11. The Kier molecular flexibility index (Phi) is 3.88. The Bertz CT molecular complexity index is 286. The van der Waals surface area contributed by atoms with Crippen LogP contribution in [0.25, 0.3) is 0 Å².